The molecule has 2 aromatic carbocycles. The van der Waals surface area contributed by atoms with E-state index in [-0.39, 0.29) is 33.6 Å². The second kappa shape index (κ2) is 4.42. The first-order valence-corrected chi connectivity index (χ1v) is 6.34. The zero-order valence-corrected chi connectivity index (χ0v) is 11.4. The zero-order valence-electron chi connectivity index (χ0n) is 11.4. The number of carbonyl (C=O) groups excluding carboxylic acids is 3. The Labute approximate surface area is 124 Å². The van der Waals surface area contributed by atoms with E-state index < -0.39 is 28.8 Å². The van der Waals surface area contributed by atoms with Crippen LogP contribution in [0.5, 0.6) is 17.2 Å². The van der Waals surface area contributed by atoms with Crippen LogP contribution in [0.15, 0.2) is 24.3 Å². The van der Waals surface area contributed by atoms with E-state index in [4.69, 9.17) is 0 Å². The van der Waals surface area contributed by atoms with Gasteiger partial charge >= 0.3 is 0 Å². The lowest BCUT2D eigenvalue weighted by atomic mass is 9.82. The Bertz CT molecular complexity index is 879. The molecule has 110 valence electrons. The van der Waals surface area contributed by atoms with Crippen molar-refractivity contribution in [3.05, 3.63) is 52.1 Å². The Balaban J connectivity index is 2.34. The van der Waals surface area contributed by atoms with E-state index in [1.807, 2.05) is 0 Å². The largest absolute Gasteiger partial charge is 0.508 e. The van der Waals surface area contributed by atoms with Crippen molar-refractivity contribution in [2.75, 3.05) is 0 Å². The summed E-state index contributed by atoms with van der Waals surface area (Å²) in [5.74, 6) is -3.01. The third-order valence-corrected chi connectivity index (χ3v) is 3.58. The first-order chi connectivity index (χ1) is 10.3. The fraction of sp³-hybridized carbons (Fsp3) is 0.0625. The van der Waals surface area contributed by atoms with E-state index in [2.05, 4.69) is 0 Å². The summed E-state index contributed by atoms with van der Waals surface area (Å²) in [7, 11) is 0. The molecule has 1 aliphatic carbocycles. The molecule has 2 aromatic rings. The van der Waals surface area contributed by atoms with Gasteiger partial charge in [-0.3, -0.25) is 14.4 Å². The molecule has 1 aliphatic rings. The van der Waals surface area contributed by atoms with Crippen molar-refractivity contribution in [2.45, 2.75) is 6.92 Å². The van der Waals surface area contributed by atoms with Gasteiger partial charge in [0.25, 0.3) is 0 Å². The van der Waals surface area contributed by atoms with Gasteiger partial charge in [-0.05, 0) is 25.1 Å². The van der Waals surface area contributed by atoms with Crippen molar-refractivity contribution in [3.63, 3.8) is 0 Å². The van der Waals surface area contributed by atoms with Gasteiger partial charge in [-0.25, -0.2) is 0 Å². The molecule has 0 aromatic heterocycles. The minimum Gasteiger partial charge on any atom is -0.508 e. The number of fused-ring (bicyclic) bond motifs is 2. The van der Waals surface area contributed by atoms with Gasteiger partial charge < -0.3 is 15.3 Å². The van der Waals surface area contributed by atoms with E-state index in [1.165, 1.54) is 6.92 Å². The number of phenolic OH excluding ortho intramolecular Hbond substituents is 3. The first-order valence-electron chi connectivity index (χ1n) is 6.34. The molecular formula is C16H10O6. The molecular weight excluding hydrogens is 288 g/mol. The molecule has 3 N–H and O–H groups in total. The van der Waals surface area contributed by atoms with Crippen LogP contribution in [0.25, 0.3) is 0 Å². The van der Waals surface area contributed by atoms with Gasteiger partial charge in [0.15, 0.2) is 17.3 Å². The van der Waals surface area contributed by atoms with Crippen LogP contribution >= 0.6 is 0 Å². The van der Waals surface area contributed by atoms with Crippen LogP contribution in [0.3, 0.4) is 0 Å². The van der Waals surface area contributed by atoms with Gasteiger partial charge in [0, 0.05) is 22.8 Å². The van der Waals surface area contributed by atoms with Crippen molar-refractivity contribution >= 4 is 17.3 Å². The molecule has 6 nitrogen and oxygen atoms in total. The molecule has 0 fully saturated rings. The molecule has 0 spiro atoms. The van der Waals surface area contributed by atoms with Crippen LogP contribution in [0.1, 0.15) is 49.1 Å². The average molecular weight is 298 g/mol. The van der Waals surface area contributed by atoms with E-state index in [0.29, 0.717) is 0 Å². The number of Topliss-reactive ketones (excluding diaryl/α,β-unsaturated/α-hetero) is 1. The smallest absolute Gasteiger partial charge is 0.198 e. The highest BCUT2D eigenvalue weighted by molar-refractivity contribution is 6.30. The molecule has 0 unspecified atom stereocenters. The highest BCUT2D eigenvalue weighted by atomic mass is 16.3. The molecule has 0 amide bonds. The van der Waals surface area contributed by atoms with Crippen molar-refractivity contribution < 1.29 is 29.7 Å². The molecule has 0 bridgehead atoms. The van der Waals surface area contributed by atoms with Crippen LogP contribution in [0.4, 0.5) is 0 Å². The van der Waals surface area contributed by atoms with Gasteiger partial charge in [0.05, 0.1) is 11.1 Å². The Morgan fingerprint density at radius 1 is 0.818 bits per heavy atom. The summed E-state index contributed by atoms with van der Waals surface area (Å²) in [4.78, 5) is 36.4. The van der Waals surface area contributed by atoms with E-state index in [9.17, 15) is 29.7 Å². The van der Waals surface area contributed by atoms with Crippen LogP contribution < -0.4 is 0 Å². The van der Waals surface area contributed by atoms with Crippen molar-refractivity contribution in [3.8, 4) is 17.2 Å². The number of hydrogen-bond acceptors (Lipinski definition) is 6. The number of benzene rings is 2. The number of rotatable bonds is 1. The molecule has 0 saturated heterocycles. The topological polar surface area (TPSA) is 112 Å². The predicted octanol–water partition coefficient (Wildman–Crippen LogP) is 1.78. The van der Waals surface area contributed by atoms with Gasteiger partial charge in [0.2, 0.25) is 0 Å². The Morgan fingerprint density at radius 2 is 1.45 bits per heavy atom. The second-order valence-electron chi connectivity index (χ2n) is 5.02. The van der Waals surface area contributed by atoms with E-state index in [0.717, 1.165) is 24.3 Å². The van der Waals surface area contributed by atoms with Crippen LogP contribution in [-0.2, 0) is 0 Å². The van der Waals surface area contributed by atoms with Crippen LogP contribution in [0.2, 0.25) is 0 Å². The molecule has 3 rings (SSSR count). The van der Waals surface area contributed by atoms with Gasteiger partial charge in [-0.15, -0.1) is 0 Å². The molecule has 0 saturated carbocycles. The third-order valence-electron chi connectivity index (χ3n) is 3.58. The Hall–Kier alpha value is -3.15. The maximum atomic E-state index is 12.5. The standard InChI is InChI=1S/C16H10O6/c1-6(17)8-4-9-10(5-12(8)19)15(21)11-2-7(18)3-13(20)14(11)16(9)22/h2-5,18-20H,1H3. The number of ketones is 3. The minimum atomic E-state index is -0.649. The van der Waals surface area contributed by atoms with Crippen molar-refractivity contribution in [1.29, 1.82) is 0 Å². The molecule has 22 heavy (non-hydrogen) atoms. The fourth-order valence-electron chi connectivity index (χ4n) is 2.56. The zero-order chi connectivity index (χ0) is 16.2. The maximum absolute atomic E-state index is 12.5. The summed E-state index contributed by atoms with van der Waals surface area (Å²) in [5.41, 5.74) is -0.603. The first kappa shape index (κ1) is 13.8. The van der Waals surface area contributed by atoms with Crippen molar-refractivity contribution in [2.24, 2.45) is 0 Å². The highest BCUT2D eigenvalue weighted by Gasteiger charge is 2.34. The van der Waals surface area contributed by atoms with Crippen LogP contribution in [0, 0.1) is 0 Å². The lowest BCUT2D eigenvalue weighted by Crippen LogP contribution is -2.21. The number of carbonyl (C=O) groups is 3. The lowest BCUT2D eigenvalue weighted by molar-refractivity contribution is 0.0974. The summed E-state index contributed by atoms with van der Waals surface area (Å²) in [6, 6.07) is 4.23. The lowest BCUT2D eigenvalue weighted by Gasteiger charge is -2.19. The van der Waals surface area contributed by atoms with E-state index >= 15 is 0 Å². The Kier molecular flexibility index (Phi) is 2.78. The monoisotopic (exact) mass is 298 g/mol. The van der Waals surface area contributed by atoms with Gasteiger partial charge in [-0.2, -0.15) is 0 Å². The molecule has 0 atom stereocenters. The normalized spacial score (nSPS) is 12.8. The quantitative estimate of drug-likeness (QED) is 0.590. The van der Waals surface area contributed by atoms with E-state index in [1.54, 1.807) is 0 Å². The van der Waals surface area contributed by atoms with Crippen molar-refractivity contribution in [1.82, 2.24) is 0 Å². The SMILES string of the molecule is CC(=O)c1cc2c(cc1O)C(=O)c1cc(O)cc(O)c1C2=O. The summed E-state index contributed by atoms with van der Waals surface area (Å²) in [5, 5.41) is 29.1. The molecule has 0 radical (unpaired) electrons. The second-order valence-corrected chi connectivity index (χ2v) is 5.02. The van der Waals surface area contributed by atoms with Gasteiger partial charge in [0.1, 0.15) is 17.2 Å². The fourth-order valence-corrected chi connectivity index (χ4v) is 2.56. The summed E-state index contributed by atoms with van der Waals surface area (Å²) in [6.45, 7) is 1.22. The summed E-state index contributed by atoms with van der Waals surface area (Å²) < 4.78 is 0. The molecule has 6 heteroatoms. The summed E-state index contributed by atoms with van der Waals surface area (Å²) in [6.07, 6.45) is 0. The maximum Gasteiger partial charge on any atom is 0.198 e. The third kappa shape index (κ3) is 1.77. The van der Waals surface area contributed by atoms with Crippen LogP contribution in [-0.4, -0.2) is 32.7 Å². The molecule has 0 aliphatic heterocycles. The highest BCUT2D eigenvalue weighted by Crippen LogP contribution is 2.37. The average Bonchev–Trinajstić information content (AvgIpc) is 2.43. The minimum absolute atomic E-state index is 0.0681. The Morgan fingerprint density at radius 3 is 2.09 bits per heavy atom. The predicted molar refractivity (Wildman–Crippen MR) is 74.7 cm³/mol. The number of phenols is 3. The molecule has 0 heterocycles. The number of hydrogen-bond donors (Lipinski definition) is 3. The van der Waals surface area contributed by atoms with Gasteiger partial charge in [-0.1, -0.05) is 0 Å². The number of aromatic hydroxyl groups is 3. The summed E-state index contributed by atoms with van der Waals surface area (Å²) >= 11 is 0.